The van der Waals surface area contributed by atoms with Crippen LogP contribution in [0.1, 0.15) is 32.6 Å². The van der Waals surface area contributed by atoms with Crippen molar-refractivity contribution < 1.29 is 118 Å². The largest absolute Gasteiger partial charge is 1.00 e. The van der Waals surface area contributed by atoms with Crippen molar-refractivity contribution in [3.63, 3.8) is 0 Å². The normalized spacial score (nSPS) is 16.2. The summed E-state index contributed by atoms with van der Waals surface area (Å²) >= 11 is 0. The quantitative estimate of drug-likeness (QED) is 0.108. The molecule has 1 rings (SSSR count). The van der Waals surface area contributed by atoms with E-state index < -0.39 is 95.6 Å². The molecule has 278 valence electrons. The minimum absolute atomic E-state index is 0. The van der Waals surface area contributed by atoms with Gasteiger partial charge in [0.1, 0.15) is 0 Å². The highest BCUT2D eigenvalue weighted by molar-refractivity contribution is 5.19. The van der Waals surface area contributed by atoms with Crippen LogP contribution in [0.2, 0.25) is 0 Å². The van der Waals surface area contributed by atoms with Gasteiger partial charge in [0.15, 0.2) is 0 Å². The first-order valence-electron chi connectivity index (χ1n) is 12.2. The summed E-state index contributed by atoms with van der Waals surface area (Å²) in [6.07, 6.45) is -17.8. The molecule has 0 aliphatic rings. The third-order valence-electron chi connectivity index (χ3n) is 7.21. The number of benzene rings is 1. The van der Waals surface area contributed by atoms with Crippen LogP contribution in [-0.2, 0) is 4.74 Å². The van der Waals surface area contributed by atoms with Crippen LogP contribution < -0.4 is 17.0 Å². The fraction of sp³-hybridized carbons (Fsp3) is 0.739. The van der Waals surface area contributed by atoms with Gasteiger partial charge in [-0.2, -0.15) is 92.2 Å². The Bertz CT molecular complexity index is 1170. The average Bonchev–Trinajstić information content (AvgIpc) is 2.92. The number of hydrogen-bond donors (Lipinski definition) is 0. The Hall–Kier alpha value is -1.85. The lowest BCUT2D eigenvalue weighted by molar-refractivity contribution is -0.978. The Morgan fingerprint density at radius 3 is 1.02 bits per heavy atom. The molecule has 0 aliphatic heterocycles. The van der Waals surface area contributed by atoms with Gasteiger partial charge in [-0.3, -0.25) is 9.22 Å². The van der Waals surface area contributed by atoms with Crippen molar-refractivity contribution in [2.24, 2.45) is 0 Å². The van der Waals surface area contributed by atoms with Crippen LogP contribution in [0.15, 0.2) is 30.3 Å². The van der Waals surface area contributed by atoms with Crippen LogP contribution in [0.4, 0.5) is 92.2 Å². The highest BCUT2D eigenvalue weighted by Crippen LogP contribution is 2.66. The zero-order chi connectivity index (χ0) is 37.0. The molecule has 1 aromatic rings. The molecule has 24 heteroatoms. The summed E-state index contributed by atoms with van der Waals surface area (Å²) < 4.78 is 291. The standard InChI is InChI=1S/C23H21F21NO.BrH/c1-4-45(5-2,6-3)13(12-10-8-7-9-11-12)46-23(43,44)21(38,39)19(34,35)17(30,31)15(26,27)14(24,25)16(28,29)18(32,33)20(36,37)22(40,41)42;/h7-11,13H,4-6H2,1-3H3;1H/q+1;/p-1. The van der Waals surface area contributed by atoms with Crippen molar-refractivity contribution in [3.8, 4) is 0 Å². The van der Waals surface area contributed by atoms with Crippen molar-refractivity contribution in [2.75, 3.05) is 19.6 Å². The van der Waals surface area contributed by atoms with E-state index in [0.717, 1.165) is 24.3 Å². The molecule has 0 N–H and O–H groups in total. The van der Waals surface area contributed by atoms with Gasteiger partial charge in [0, 0.05) is 5.56 Å². The number of quaternary nitrogens is 1. The van der Waals surface area contributed by atoms with E-state index in [4.69, 9.17) is 0 Å². The Balaban J connectivity index is 0.0000212. The van der Waals surface area contributed by atoms with E-state index in [1.54, 1.807) is 0 Å². The summed E-state index contributed by atoms with van der Waals surface area (Å²) in [4.78, 5) is 0. The molecule has 47 heavy (non-hydrogen) atoms. The molecular formula is C23H21BrF21NO. The smallest absolute Gasteiger partial charge is 0.460 e. The fourth-order valence-corrected chi connectivity index (χ4v) is 4.04. The molecule has 0 spiro atoms. The Kier molecular flexibility index (Phi) is 12.6. The zero-order valence-electron chi connectivity index (χ0n) is 23.3. The van der Waals surface area contributed by atoms with Crippen molar-refractivity contribution in [3.05, 3.63) is 35.9 Å². The lowest BCUT2D eigenvalue weighted by atomic mass is 9.87. The molecule has 0 aliphatic carbocycles. The number of alkyl halides is 21. The van der Waals surface area contributed by atoms with Gasteiger partial charge in [-0.05, 0) is 20.8 Å². The predicted molar refractivity (Wildman–Crippen MR) is 113 cm³/mol. The summed E-state index contributed by atoms with van der Waals surface area (Å²) in [5, 5.41) is 0. The van der Waals surface area contributed by atoms with Gasteiger partial charge in [0.25, 0.3) is 0 Å². The molecule has 0 fully saturated rings. The number of hydrogen-bond acceptors (Lipinski definition) is 1. The molecule has 0 radical (unpaired) electrons. The molecule has 0 saturated heterocycles. The molecule has 1 unspecified atom stereocenters. The topological polar surface area (TPSA) is 9.23 Å². The maximum atomic E-state index is 14.8. The van der Waals surface area contributed by atoms with Crippen molar-refractivity contribution in [1.82, 2.24) is 0 Å². The first-order chi connectivity index (χ1) is 20.1. The minimum Gasteiger partial charge on any atom is -1.00 e. The molecular weight excluding hydrogens is 785 g/mol. The second-order valence-corrected chi connectivity index (χ2v) is 9.66. The lowest BCUT2D eigenvalue weighted by Gasteiger charge is -2.46. The zero-order valence-corrected chi connectivity index (χ0v) is 24.8. The van der Waals surface area contributed by atoms with Gasteiger partial charge in [0.05, 0.1) is 19.6 Å². The van der Waals surface area contributed by atoms with Gasteiger partial charge < -0.3 is 17.0 Å². The van der Waals surface area contributed by atoms with E-state index in [0.29, 0.717) is 0 Å². The van der Waals surface area contributed by atoms with Crippen LogP contribution in [0.3, 0.4) is 0 Å². The lowest BCUT2D eigenvalue weighted by Crippen LogP contribution is -3.00. The number of ether oxygens (including phenoxy) is 1. The summed E-state index contributed by atoms with van der Waals surface area (Å²) in [6, 6.07) is 4.93. The van der Waals surface area contributed by atoms with E-state index in [1.165, 1.54) is 26.8 Å². The highest BCUT2D eigenvalue weighted by atomic mass is 79.9. The fourth-order valence-electron chi connectivity index (χ4n) is 4.04. The van der Waals surface area contributed by atoms with Gasteiger partial charge in [-0.1, -0.05) is 30.3 Å². The SMILES string of the molecule is CC[N+](CC)(CC)C(OC(F)(F)C(F)(F)C(F)(F)C(F)(F)C(F)(F)C(F)(F)C(F)(F)C(F)(F)C(F)(F)C(F)(F)F)c1ccccc1.[Br-]. The molecule has 0 aromatic heterocycles. The maximum absolute atomic E-state index is 14.8. The summed E-state index contributed by atoms with van der Waals surface area (Å²) in [5.41, 5.74) is -0.581. The summed E-state index contributed by atoms with van der Waals surface area (Å²) in [7, 11) is 0. The predicted octanol–water partition coefficient (Wildman–Crippen LogP) is 6.82. The second-order valence-electron chi connectivity index (χ2n) is 9.66. The van der Waals surface area contributed by atoms with E-state index in [2.05, 4.69) is 4.74 Å². The maximum Gasteiger partial charge on any atom is 0.460 e. The number of nitrogens with zero attached hydrogens (tertiary/aromatic N) is 1. The monoisotopic (exact) mass is 805 g/mol. The number of rotatable bonds is 15. The first kappa shape index (κ1) is 45.2. The van der Waals surface area contributed by atoms with Crippen LogP contribution in [0, 0.1) is 0 Å². The van der Waals surface area contributed by atoms with Crippen LogP contribution in [0.5, 0.6) is 0 Å². The third-order valence-corrected chi connectivity index (χ3v) is 7.21. The second kappa shape index (κ2) is 13.1. The van der Waals surface area contributed by atoms with E-state index in [-0.39, 0.29) is 17.0 Å². The van der Waals surface area contributed by atoms with Crippen LogP contribution >= 0.6 is 0 Å². The molecule has 2 nitrogen and oxygen atoms in total. The van der Waals surface area contributed by atoms with Gasteiger partial charge in [0.2, 0.25) is 6.23 Å². The molecule has 0 bridgehead atoms. The van der Waals surface area contributed by atoms with Gasteiger partial charge in [-0.15, -0.1) is 0 Å². The Labute approximate surface area is 261 Å². The highest BCUT2D eigenvalue weighted by Gasteiger charge is 2.98. The average molecular weight is 806 g/mol. The van der Waals surface area contributed by atoms with Crippen LogP contribution in [-0.4, -0.2) is 83.8 Å². The molecule has 0 amide bonds. The summed E-state index contributed by atoms with van der Waals surface area (Å²) in [6.45, 7) is 2.38. The van der Waals surface area contributed by atoms with Crippen LogP contribution in [0.25, 0.3) is 0 Å². The Morgan fingerprint density at radius 2 is 0.745 bits per heavy atom. The van der Waals surface area contributed by atoms with Crippen molar-refractivity contribution in [2.45, 2.75) is 86.7 Å². The minimum atomic E-state index is -9.22. The molecule has 1 aromatic carbocycles. The number of halogens is 22. The summed E-state index contributed by atoms with van der Waals surface area (Å²) in [5.74, 6) is -70.9. The van der Waals surface area contributed by atoms with Crippen molar-refractivity contribution >= 4 is 0 Å². The van der Waals surface area contributed by atoms with E-state index in [9.17, 15) is 92.2 Å². The van der Waals surface area contributed by atoms with Gasteiger partial charge >= 0.3 is 59.7 Å². The molecule has 0 saturated carbocycles. The third kappa shape index (κ3) is 6.35. The Morgan fingerprint density at radius 1 is 0.468 bits per heavy atom. The van der Waals surface area contributed by atoms with E-state index >= 15 is 0 Å². The molecule has 0 heterocycles. The van der Waals surface area contributed by atoms with E-state index in [1.807, 2.05) is 0 Å². The molecule has 1 atom stereocenters. The van der Waals surface area contributed by atoms with Gasteiger partial charge in [-0.25, -0.2) is 0 Å². The first-order valence-corrected chi connectivity index (χ1v) is 12.2. The van der Waals surface area contributed by atoms with Crippen molar-refractivity contribution in [1.29, 1.82) is 0 Å².